The summed E-state index contributed by atoms with van der Waals surface area (Å²) in [5.74, 6) is 0.0110. The highest BCUT2D eigenvalue weighted by Crippen LogP contribution is 2.20. The van der Waals surface area contributed by atoms with Crippen LogP contribution in [-0.2, 0) is 4.79 Å². The van der Waals surface area contributed by atoms with Gasteiger partial charge in [0.2, 0.25) is 5.91 Å². The number of nitrogens with zero attached hydrogens (tertiary/aromatic N) is 1. The Hall–Kier alpha value is -1.88. The van der Waals surface area contributed by atoms with Gasteiger partial charge in [0.25, 0.3) is 0 Å². The normalized spacial score (nSPS) is 11.1. The fourth-order valence-corrected chi connectivity index (χ4v) is 1.76. The van der Waals surface area contributed by atoms with E-state index in [0.717, 1.165) is 16.6 Å². The van der Waals surface area contributed by atoms with E-state index in [9.17, 15) is 4.79 Å². The van der Waals surface area contributed by atoms with E-state index < -0.39 is 0 Å². The maximum absolute atomic E-state index is 11.8. The average molecular weight is 246 g/mol. The van der Waals surface area contributed by atoms with Crippen molar-refractivity contribution in [3.63, 3.8) is 0 Å². The molecule has 0 saturated carbocycles. The fraction of sp³-hybridized carbons (Fsp3) is 0.385. The lowest BCUT2D eigenvalue weighted by Crippen LogP contribution is -2.27. The minimum Gasteiger partial charge on any atom is -0.325 e. The number of amides is 1. The number of rotatable bonds is 5. The van der Waals surface area contributed by atoms with Gasteiger partial charge in [-0.3, -0.25) is 9.89 Å². The van der Waals surface area contributed by atoms with Gasteiger partial charge < -0.3 is 10.6 Å². The Balaban J connectivity index is 1.96. The SMILES string of the molecule is CC(C)NCCC(=O)Nc1cccc2[nH]ncc12. The van der Waals surface area contributed by atoms with Gasteiger partial charge in [-0.1, -0.05) is 19.9 Å². The number of aromatic nitrogens is 2. The first-order valence-electron chi connectivity index (χ1n) is 6.12. The number of fused-ring (bicyclic) bond motifs is 1. The van der Waals surface area contributed by atoms with E-state index >= 15 is 0 Å². The Kier molecular flexibility index (Phi) is 3.94. The molecule has 18 heavy (non-hydrogen) atoms. The van der Waals surface area contributed by atoms with E-state index in [1.165, 1.54) is 0 Å². The molecule has 2 aromatic rings. The molecule has 0 fully saturated rings. The van der Waals surface area contributed by atoms with Crippen LogP contribution < -0.4 is 10.6 Å². The monoisotopic (exact) mass is 246 g/mol. The topological polar surface area (TPSA) is 69.8 Å². The summed E-state index contributed by atoms with van der Waals surface area (Å²) in [6, 6.07) is 6.10. The molecule has 0 bridgehead atoms. The van der Waals surface area contributed by atoms with Gasteiger partial charge in [0.05, 0.1) is 17.4 Å². The standard InChI is InChI=1S/C13H18N4O/c1-9(2)14-7-6-13(18)16-11-4-3-5-12-10(11)8-15-17-12/h3-5,8-9,14H,6-7H2,1-2H3,(H,15,17)(H,16,18). The van der Waals surface area contributed by atoms with Crippen LogP contribution in [0.1, 0.15) is 20.3 Å². The molecule has 0 aliphatic heterocycles. The van der Waals surface area contributed by atoms with Crippen LogP contribution in [0, 0.1) is 0 Å². The van der Waals surface area contributed by atoms with Crippen LogP contribution in [0.4, 0.5) is 5.69 Å². The van der Waals surface area contributed by atoms with Crippen molar-refractivity contribution in [1.29, 1.82) is 0 Å². The summed E-state index contributed by atoms with van der Waals surface area (Å²) in [5.41, 5.74) is 1.73. The van der Waals surface area contributed by atoms with Crippen molar-refractivity contribution in [2.45, 2.75) is 26.3 Å². The molecule has 1 aromatic heterocycles. The first kappa shape index (κ1) is 12.6. The molecule has 0 aliphatic carbocycles. The molecule has 0 radical (unpaired) electrons. The summed E-state index contributed by atoms with van der Waals surface area (Å²) in [4.78, 5) is 11.8. The third-order valence-corrected chi connectivity index (χ3v) is 2.66. The average Bonchev–Trinajstić information content (AvgIpc) is 2.77. The molecular formula is C13H18N4O. The van der Waals surface area contributed by atoms with Crippen LogP contribution in [0.5, 0.6) is 0 Å². The van der Waals surface area contributed by atoms with Gasteiger partial charge in [0.15, 0.2) is 0 Å². The lowest BCUT2D eigenvalue weighted by molar-refractivity contribution is -0.116. The highest BCUT2D eigenvalue weighted by atomic mass is 16.1. The number of aromatic amines is 1. The highest BCUT2D eigenvalue weighted by Gasteiger charge is 2.06. The lowest BCUT2D eigenvalue weighted by atomic mass is 10.2. The molecule has 0 unspecified atom stereocenters. The number of benzene rings is 1. The maximum atomic E-state index is 11.8. The molecule has 1 heterocycles. The Labute approximate surface area is 106 Å². The Morgan fingerprint density at radius 1 is 1.44 bits per heavy atom. The van der Waals surface area contributed by atoms with Crippen LogP contribution in [0.3, 0.4) is 0 Å². The van der Waals surface area contributed by atoms with Crippen molar-refractivity contribution in [1.82, 2.24) is 15.5 Å². The van der Waals surface area contributed by atoms with Crippen LogP contribution in [0.15, 0.2) is 24.4 Å². The number of anilines is 1. The molecule has 5 nitrogen and oxygen atoms in total. The summed E-state index contributed by atoms with van der Waals surface area (Å²) in [6.45, 7) is 4.80. The van der Waals surface area contributed by atoms with Crippen LogP contribution in [-0.4, -0.2) is 28.7 Å². The summed E-state index contributed by atoms with van der Waals surface area (Å²) >= 11 is 0. The Morgan fingerprint density at radius 2 is 2.28 bits per heavy atom. The summed E-state index contributed by atoms with van der Waals surface area (Å²) in [7, 11) is 0. The second-order valence-corrected chi connectivity index (χ2v) is 4.54. The number of H-pyrrole nitrogens is 1. The minimum atomic E-state index is 0.0110. The first-order valence-corrected chi connectivity index (χ1v) is 6.12. The van der Waals surface area contributed by atoms with E-state index in [-0.39, 0.29) is 5.91 Å². The van der Waals surface area contributed by atoms with E-state index in [0.29, 0.717) is 19.0 Å². The van der Waals surface area contributed by atoms with Crippen molar-refractivity contribution in [3.8, 4) is 0 Å². The van der Waals surface area contributed by atoms with Crippen molar-refractivity contribution >= 4 is 22.5 Å². The van der Waals surface area contributed by atoms with Crippen LogP contribution in [0.25, 0.3) is 10.9 Å². The predicted octanol–water partition coefficient (Wildman–Crippen LogP) is 1.89. The zero-order valence-electron chi connectivity index (χ0n) is 10.7. The minimum absolute atomic E-state index is 0.0110. The molecule has 2 rings (SSSR count). The molecular weight excluding hydrogens is 228 g/mol. The third-order valence-electron chi connectivity index (χ3n) is 2.66. The Bertz CT molecular complexity index is 533. The van der Waals surface area contributed by atoms with E-state index in [1.807, 2.05) is 18.2 Å². The van der Waals surface area contributed by atoms with E-state index in [2.05, 4.69) is 34.7 Å². The molecule has 96 valence electrons. The largest absolute Gasteiger partial charge is 0.325 e. The number of hydrogen-bond donors (Lipinski definition) is 3. The zero-order valence-corrected chi connectivity index (χ0v) is 10.7. The molecule has 0 atom stereocenters. The quantitative estimate of drug-likeness (QED) is 0.754. The number of carbonyl (C=O) groups excluding carboxylic acids is 1. The van der Waals surface area contributed by atoms with Crippen molar-refractivity contribution in [2.75, 3.05) is 11.9 Å². The van der Waals surface area contributed by atoms with Gasteiger partial charge in [-0.15, -0.1) is 0 Å². The Morgan fingerprint density at radius 3 is 3.06 bits per heavy atom. The molecule has 5 heteroatoms. The molecule has 1 amide bonds. The molecule has 3 N–H and O–H groups in total. The summed E-state index contributed by atoms with van der Waals surface area (Å²) in [6.07, 6.45) is 2.18. The number of carbonyl (C=O) groups is 1. The second kappa shape index (κ2) is 5.64. The van der Waals surface area contributed by atoms with Gasteiger partial charge in [0.1, 0.15) is 0 Å². The zero-order chi connectivity index (χ0) is 13.0. The molecule has 1 aromatic carbocycles. The van der Waals surface area contributed by atoms with Gasteiger partial charge >= 0.3 is 0 Å². The van der Waals surface area contributed by atoms with Gasteiger partial charge in [0, 0.05) is 24.4 Å². The van der Waals surface area contributed by atoms with E-state index in [4.69, 9.17) is 0 Å². The first-order chi connectivity index (χ1) is 8.66. The van der Waals surface area contributed by atoms with Crippen LogP contribution >= 0.6 is 0 Å². The highest BCUT2D eigenvalue weighted by molar-refractivity contribution is 6.00. The second-order valence-electron chi connectivity index (χ2n) is 4.54. The van der Waals surface area contributed by atoms with E-state index in [1.54, 1.807) is 6.20 Å². The molecule has 0 saturated heterocycles. The third kappa shape index (κ3) is 3.07. The fourth-order valence-electron chi connectivity index (χ4n) is 1.76. The van der Waals surface area contributed by atoms with Crippen molar-refractivity contribution < 1.29 is 4.79 Å². The van der Waals surface area contributed by atoms with Gasteiger partial charge in [-0.25, -0.2) is 0 Å². The maximum Gasteiger partial charge on any atom is 0.225 e. The number of nitrogens with one attached hydrogen (secondary N) is 3. The molecule has 0 aliphatic rings. The summed E-state index contributed by atoms with van der Waals surface area (Å²) < 4.78 is 0. The predicted molar refractivity (Wildman–Crippen MR) is 72.5 cm³/mol. The van der Waals surface area contributed by atoms with Gasteiger partial charge in [-0.2, -0.15) is 5.10 Å². The lowest BCUT2D eigenvalue weighted by Gasteiger charge is -2.09. The molecule has 0 spiro atoms. The van der Waals surface area contributed by atoms with Crippen molar-refractivity contribution in [3.05, 3.63) is 24.4 Å². The van der Waals surface area contributed by atoms with Crippen LogP contribution in [0.2, 0.25) is 0 Å². The smallest absolute Gasteiger partial charge is 0.225 e. The summed E-state index contributed by atoms with van der Waals surface area (Å²) in [5, 5.41) is 13.9. The van der Waals surface area contributed by atoms with Gasteiger partial charge in [-0.05, 0) is 12.1 Å². The van der Waals surface area contributed by atoms with Crippen molar-refractivity contribution in [2.24, 2.45) is 0 Å². The number of hydrogen-bond acceptors (Lipinski definition) is 3.